The zero-order valence-corrected chi connectivity index (χ0v) is 15.3. The van der Waals surface area contributed by atoms with Gasteiger partial charge in [-0.15, -0.1) is 11.3 Å². The van der Waals surface area contributed by atoms with E-state index in [9.17, 15) is 0 Å². The van der Waals surface area contributed by atoms with Crippen LogP contribution in [0.5, 0.6) is 23.0 Å². The number of thiazole rings is 1. The second kappa shape index (κ2) is 7.13. The van der Waals surface area contributed by atoms with E-state index in [1.165, 1.54) is 11.3 Å². The van der Waals surface area contributed by atoms with Crippen LogP contribution in [0.15, 0.2) is 41.8 Å². The Bertz CT molecular complexity index is 926. The standard InChI is InChI=1S/C19H18N2O4S/c1-22-13-4-5-14(17(10-13)23-2)15-11-26-19(21-15)20-12-3-6-16-18(9-12)25-8-7-24-16/h3-6,9-11H,7-8H2,1-2H3,(H,20,21). The molecule has 0 fully saturated rings. The minimum atomic E-state index is 0.565. The fourth-order valence-corrected chi connectivity index (χ4v) is 3.44. The molecular formula is C19H18N2O4S. The van der Waals surface area contributed by atoms with Crippen LogP contribution in [0.2, 0.25) is 0 Å². The molecule has 0 saturated carbocycles. The SMILES string of the molecule is COc1ccc(-c2csc(Nc3ccc4c(c3)OCCO4)n2)c(OC)c1. The largest absolute Gasteiger partial charge is 0.497 e. The molecule has 6 nitrogen and oxygen atoms in total. The molecule has 134 valence electrons. The molecule has 0 aliphatic carbocycles. The highest BCUT2D eigenvalue weighted by molar-refractivity contribution is 7.14. The molecule has 0 saturated heterocycles. The van der Waals surface area contributed by atoms with Gasteiger partial charge in [-0.3, -0.25) is 0 Å². The van der Waals surface area contributed by atoms with Gasteiger partial charge >= 0.3 is 0 Å². The Labute approximate surface area is 155 Å². The first-order chi connectivity index (χ1) is 12.8. The van der Waals surface area contributed by atoms with Crippen molar-refractivity contribution >= 4 is 22.2 Å². The Balaban J connectivity index is 1.57. The minimum Gasteiger partial charge on any atom is -0.497 e. The van der Waals surface area contributed by atoms with Gasteiger partial charge in [0, 0.05) is 28.8 Å². The van der Waals surface area contributed by atoms with Crippen molar-refractivity contribution in [3.05, 3.63) is 41.8 Å². The zero-order valence-electron chi connectivity index (χ0n) is 14.4. The molecule has 0 atom stereocenters. The number of nitrogens with one attached hydrogen (secondary N) is 1. The summed E-state index contributed by atoms with van der Waals surface area (Å²) in [6.45, 7) is 1.15. The van der Waals surface area contributed by atoms with E-state index in [-0.39, 0.29) is 0 Å². The maximum absolute atomic E-state index is 5.62. The first-order valence-electron chi connectivity index (χ1n) is 8.11. The number of hydrogen-bond acceptors (Lipinski definition) is 7. The smallest absolute Gasteiger partial charge is 0.187 e. The lowest BCUT2D eigenvalue weighted by atomic mass is 10.1. The molecule has 1 N–H and O–H groups in total. The van der Waals surface area contributed by atoms with Crippen LogP contribution in [0.4, 0.5) is 10.8 Å². The first-order valence-corrected chi connectivity index (χ1v) is 8.99. The molecule has 0 bridgehead atoms. The zero-order chi connectivity index (χ0) is 17.9. The van der Waals surface area contributed by atoms with Crippen molar-refractivity contribution in [1.29, 1.82) is 0 Å². The van der Waals surface area contributed by atoms with Crippen LogP contribution in [-0.2, 0) is 0 Å². The highest BCUT2D eigenvalue weighted by atomic mass is 32.1. The molecule has 26 heavy (non-hydrogen) atoms. The van der Waals surface area contributed by atoms with Gasteiger partial charge in [-0.2, -0.15) is 0 Å². The molecular weight excluding hydrogens is 352 g/mol. The van der Waals surface area contributed by atoms with Crippen molar-refractivity contribution in [3.63, 3.8) is 0 Å². The summed E-state index contributed by atoms with van der Waals surface area (Å²) in [5, 5.41) is 6.09. The maximum Gasteiger partial charge on any atom is 0.187 e. The van der Waals surface area contributed by atoms with E-state index >= 15 is 0 Å². The molecule has 3 aromatic rings. The fraction of sp³-hybridized carbons (Fsp3) is 0.211. The predicted molar refractivity (Wildman–Crippen MR) is 101 cm³/mol. The van der Waals surface area contributed by atoms with Crippen molar-refractivity contribution < 1.29 is 18.9 Å². The monoisotopic (exact) mass is 370 g/mol. The van der Waals surface area contributed by atoms with Gasteiger partial charge in [0.25, 0.3) is 0 Å². The van der Waals surface area contributed by atoms with Gasteiger partial charge in [-0.1, -0.05) is 0 Å². The summed E-state index contributed by atoms with van der Waals surface area (Å²) in [5.41, 5.74) is 2.66. The fourth-order valence-electron chi connectivity index (χ4n) is 2.71. The lowest BCUT2D eigenvalue weighted by Gasteiger charge is -2.18. The number of methoxy groups -OCH3 is 2. The number of fused-ring (bicyclic) bond motifs is 1. The van der Waals surface area contributed by atoms with Crippen molar-refractivity contribution in [2.75, 3.05) is 32.8 Å². The van der Waals surface area contributed by atoms with Crippen LogP contribution in [0.3, 0.4) is 0 Å². The highest BCUT2D eigenvalue weighted by Crippen LogP contribution is 2.37. The summed E-state index contributed by atoms with van der Waals surface area (Å²) in [6.07, 6.45) is 0. The molecule has 0 radical (unpaired) electrons. The molecule has 0 amide bonds. The second-order valence-electron chi connectivity index (χ2n) is 5.59. The molecule has 0 unspecified atom stereocenters. The Kier molecular flexibility index (Phi) is 4.53. The van der Waals surface area contributed by atoms with Crippen LogP contribution in [-0.4, -0.2) is 32.4 Å². The van der Waals surface area contributed by atoms with Gasteiger partial charge in [0.2, 0.25) is 0 Å². The van der Waals surface area contributed by atoms with Crippen molar-refractivity contribution in [3.8, 4) is 34.3 Å². The summed E-state index contributed by atoms with van der Waals surface area (Å²) >= 11 is 1.52. The number of aromatic nitrogens is 1. The van der Waals surface area contributed by atoms with Crippen LogP contribution in [0.1, 0.15) is 0 Å². The Morgan fingerprint density at radius 3 is 2.65 bits per heavy atom. The third-order valence-electron chi connectivity index (χ3n) is 3.98. The average Bonchev–Trinajstić information content (AvgIpc) is 3.15. The maximum atomic E-state index is 5.62. The van der Waals surface area contributed by atoms with Gasteiger partial charge in [0.15, 0.2) is 16.6 Å². The van der Waals surface area contributed by atoms with E-state index < -0.39 is 0 Å². The summed E-state index contributed by atoms with van der Waals surface area (Å²) in [7, 11) is 3.27. The van der Waals surface area contributed by atoms with Crippen LogP contribution < -0.4 is 24.3 Å². The summed E-state index contributed by atoms with van der Waals surface area (Å²) in [4.78, 5) is 4.67. The first kappa shape index (κ1) is 16.5. The molecule has 7 heteroatoms. The third-order valence-corrected chi connectivity index (χ3v) is 4.74. The third kappa shape index (κ3) is 3.25. The number of nitrogens with zero attached hydrogens (tertiary/aromatic N) is 1. The van der Waals surface area contributed by atoms with Crippen LogP contribution in [0, 0.1) is 0 Å². The highest BCUT2D eigenvalue weighted by Gasteiger charge is 2.14. The topological polar surface area (TPSA) is 61.8 Å². The van der Waals surface area contributed by atoms with Crippen molar-refractivity contribution in [2.24, 2.45) is 0 Å². The number of hydrogen-bond donors (Lipinski definition) is 1. The Hall–Kier alpha value is -2.93. The summed E-state index contributed by atoms with van der Waals surface area (Å²) < 4.78 is 21.9. The predicted octanol–water partition coefficient (Wildman–Crippen LogP) is 4.34. The van der Waals surface area contributed by atoms with Gasteiger partial charge in [0.1, 0.15) is 24.7 Å². The lowest BCUT2D eigenvalue weighted by molar-refractivity contribution is 0.171. The van der Waals surface area contributed by atoms with Gasteiger partial charge in [-0.05, 0) is 24.3 Å². The van der Waals surface area contributed by atoms with Crippen molar-refractivity contribution in [2.45, 2.75) is 0 Å². The number of ether oxygens (including phenoxy) is 4. The summed E-state index contributed by atoms with van der Waals surface area (Å²) in [6, 6.07) is 11.5. The van der Waals surface area contributed by atoms with Crippen LogP contribution >= 0.6 is 11.3 Å². The Morgan fingerprint density at radius 2 is 1.85 bits per heavy atom. The number of anilines is 2. The molecule has 4 rings (SSSR count). The van der Waals surface area contributed by atoms with Crippen molar-refractivity contribution in [1.82, 2.24) is 4.98 Å². The molecule has 2 aromatic carbocycles. The van der Waals surface area contributed by atoms with Crippen LogP contribution in [0.25, 0.3) is 11.3 Å². The molecule has 1 aliphatic rings. The summed E-state index contributed by atoms with van der Waals surface area (Å²) in [5.74, 6) is 2.98. The average molecular weight is 370 g/mol. The van der Waals surface area contributed by atoms with E-state index in [0.717, 1.165) is 45.1 Å². The van der Waals surface area contributed by atoms with Gasteiger partial charge in [0.05, 0.1) is 19.9 Å². The molecule has 1 aliphatic heterocycles. The quantitative estimate of drug-likeness (QED) is 0.721. The van der Waals surface area contributed by atoms with E-state index in [2.05, 4.69) is 10.3 Å². The second-order valence-corrected chi connectivity index (χ2v) is 6.45. The van der Waals surface area contributed by atoms with Gasteiger partial charge < -0.3 is 24.3 Å². The minimum absolute atomic E-state index is 0.565. The van der Waals surface area contributed by atoms with E-state index in [1.54, 1.807) is 14.2 Å². The molecule has 2 heterocycles. The normalized spacial score (nSPS) is 12.5. The lowest BCUT2D eigenvalue weighted by Crippen LogP contribution is -2.15. The van der Waals surface area contributed by atoms with Gasteiger partial charge in [-0.25, -0.2) is 4.98 Å². The number of rotatable bonds is 5. The number of benzene rings is 2. The molecule has 0 spiro atoms. The Morgan fingerprint density at radius 1 is 1.00 bits per heavy atom. The van der Waals surface area contributed by atoms with E-state index in [1.807, 2.05) is 41.8 Å². The van der Waals surface area contributed by atoms with E-state index in [4.69, 9.17) is 18.9 Å². The molecule has 1 aromatic heterocycles. The van der Waals surface area contributed by atoms with E-state index in [0.29, 0.717) is 13.2 Å².